The second kappa shape index (κ2) is 4.11. The summed E-state index contributed by atoms with van der Waals surface area (Å²) in [6, 6.07) is 1.93. The van der Waals surface area contributed by atoms with Crippen molar-refractivity contribution in [3.8, 4) is 0 Å². The minimum absolute atomic E-state index is 0.00796. The second-order valence-corrected chi connectivity index (χ2v) is 4.32. The van der Waals surface area contributed by atoms with Gasteiger partial charge < -0.3 is 5.73 Å². The first-order valence-corrected chi connectivity index (χ1v) is 5.40. The normalized spacial score (nSPS) is 25.5. The first-order valence-electron chi connectivity index (χ1n) is 5.40. The molecule has 2 unspecified atom stereocenters. The number of carbonyl (C=O) groups excluding carboxylic acids is 1. The molecule has 1 aromatic rings. The van der Waals surface area contributed by atoms with Crippen molar-refractivity contribution < 1.29 is 4.79 Å². The molecule has 1 aliphatic carbocycles. The molecule has 0 bridgehead atoms. The summed E-state index contributed by atoms with van der Waals surface area (Å²) < 4.78 is 0. The van der Waals surface area contributed by atoms with Crippen LogP contribution in [0, 0.1) is 12.8 Å². The van der Waals surface area contributed by atoms with E-state index in [0.717, 1.165) is 24.8 Å². The molecular formula is C12H16N2O. The minimum atomic E-state index is 0.00796. The van der Waals surface area contributed by atoms with E-state index in [2.05, 4.69) is 4.98 Å². The maximum absolute atomic E-state index is 12.1. The van der Waals surface area contributed by atoms with Gasteiger partial charge in [0.15, 0.2) is 5.78 Å². The Bertz CT molecular complexity index is 376. The van der Waals surface area contributed by atoms with E-state index in [0.29, 0.717) is 5.56 Å². The summed E-state index contributed by atoms with van der Waals surface area (Å²) in [6.07, 6.45) is 6.35. The van der Waals surface area contributed by atoms with Crippen LogP contribution in [0.2, 0.25) is 0 Å². The van der Waals surface area contributed by atoms with Crippen LogP contribution >= 0.6 is 0 Å². The number of pyridine rings is 1. The van der Waals surface area contributed by atoms with Gasteiger partial charge in [-0.05, 0) is 31.4 Å². The molecule has 15 heavy (non-hydrogen) atoms. The number of hydrogen-bond acceptors (Lipinski definition) is 3. The standard InChI is InChI=1S/C12H16N2O/c1-8-5-9(7-14-6-8)12(15)10-3-2-4-11(10)13/h5-7,10-11H,2-4,13H2,1H3. The predicted octanol–water partition coefficient (Wildman–Crippen LogP) is 1.70. The molecule has 0 saturated heterocycles. The Morgan fingerprint density at radius 2 is 2.27 bits per heavy atom. The van der Waals surface area contributed by atoms with Gasteiger partial charge in [0, 0.05) is 29.9 Å². The van der Waals surface area contributed by atoms with Crippen LogP contribution in [0.3, 0.4) is 0 Å². The van der Waals surface area contributed by atoms with Gasteiger partial charge in [0.25, 0.3) is 0 Å². The van der Waals surface area contributed by atoms with Crippen LogP contribution in [0.15, 0.2) is 18.5 Å². The fraction of sp³-hybridized carbons (Fsp3) is 0.500. The van der Waals surface area contributed by atoms with Gasteiger partial charge in [-0.25, -0.2) is 0 Å². The van der Waals surface area contributed by atoms with Gasteiger partial charge in [-0.15, -0.1) is 0 Å². The van der Waals surface area contributed by atoms with Gasteiger partial charge >= 0.3 is 0 Å². The number of Topliss-reactive ketones (excluding diaryl/α,β-unsaturated/α-hetero) is 1. The monoisotopic (exact) mass is 204 g/mol. The molecule has 0 radical (unpaired) electrons. The molecule has 0 aromatic carbocycles. The summed E-state index contributed by atoms with van der Waals surface area (Å²) in [5, 5.41) is 0. The number of aromatic nitrogens is 1. The molecule has 3 heteroatoms. The van der Waals surface area contributed by atoms with E-state index in [-0.39, 0.29) is 17.7 Å². The zero-order valence-electron chi connectivity index (χ0n) is 8.94. The SMILES string of the molecule is Cc1cncc(C(=O)C2CCCC2N)c1. The topological polar surface area (TPSA) is 56.0 Å². The highest BCUT2D eigenvalue weighted by atomic mass is 16.1. The highest BCUT2D eigenvalue weighted by molar-refractivity contribution is 5.98. The van der Waals surface area contributed by atoms with Crippen molar-refractivity contribution in [3.05, 3.63) is 29.6 Å². The summed E-state index contributed by atoms with van der Waals surface area (Å²) in [6.45, 7) is 1.94. The fourth-order valence-electron chi connectivity index (χ4n) is 2.22. The minimum Gasteiger partial charge on any atom is -0.327 e. The lowest BCUT2D eigenvalue weighted by Crippen LogP contribution is -2.30. The van der Waals surface area contributed by atoms with Crippen molar-refractivity contribution in [2.24, 2.45) is 11.7 Å². The Morgan fingerprint density at radius 3 is 2.87 bits per heavy atom. The second-order valence-electron chi connectivity index (χ2n) is 4.32. The molecule has 1 saturated carbocycles. The van der Waals surface area contributed by atoms with Crippen LogP contribution in [0.4, 0.5) is 0 Å². The Labute approximate surface area is 89.7 Å². The smallest absolute Gasteiger partial charge is 0.169 e. The average molecular weight is 204 g/mol. The number of hydrogen-bond donors (Lipinski definition) is 1. The van der Waals surface area contributed by atoms with E-state index in [4.69, 9.17) is 5.73 Å². The van der Waals surface area contributed by atoms with Gasteiger partial charge in [-0.3, -0.25) is 9.78 Å². The molecular weight excluding hydrogens is 188 g/mol. The maximum Gasteiger partial charge on any atom is 0.169 e. The summed E-state index contributed by atoms with van der Waals surface area (Å²) in [5.41, 5.74) is 7.64. The summed E-state index contributed by atoms with van der Waals surface area (Å²) >= 11 is 0. The molecule has 2 N–H and O–H groups in total. The van der Waals surface area contributed by atoms with Crippen molar-refractivity contribution in [2.45, 2.75) is 32.2 Å². The highest BCUT2D eigenvalue weighted by Crippen LogP contribution is 2.27. The lowest BCUT2D eigenvalue weighted by molar-refractivity contribution is 0.0913. The van der Waals surface area contributed by atoms with E-state index < -0.39 is 0 Å². The fourth-order valence-corrected chi connectivity index (χ4v) is 2.22. The third-order valence-electron chi connectivity index (χ3n) is 3.07. The van der Waals surface area contributed by atoms with Crippen LogP contribution in [0.1, 0.15) is 35.2 Å². The summed E-state index contributed by atoms with van der Waals surface area (Å²) in [5.74, 6) is 0.171. The van der Waals surface area contributed by atoms with E-state index in [1.807, 2.05) is 13.0 Å². The molecule has 0 amide bonds. The van der Waals surface area contributed by atoms with Crippen LogP contribution in [0.5, 0.6) is 0 Å². The molecule has 1 aromatic heterocycles. The van der Waals surface area contributed by atoms with Crippen molar-refractivity contribution in [3.63, 3.8) is 0 Å². The van der Waals surface area contributed by atoms with Crippen molar-refractivity contribution in [1.29, 1.82) is 0 Å². The Kier molecular flexibility index (Phi) is 2.82. The van der Waals surface area contributed by atoms with Gasteiger partial charge in [0.2, 0.25) is 0 Å². The Hall–Kier alpha value is -1.22. The molecule has 1 fully saturated rings. The molecule has 0 aliphatic heterocycles. The van der Waals surface area contributed by atoms with E-state index in [1.54, 1.807) is 12.4 Å². The van der Waals surface area contributed by atoms with Crippen LogP contribution in [-0.4, -0.2) is 16.8 Å². The summed E-state index contributed by atoms with van der Waals surface area (Å²) in [4.78, 5) is 16.1. The number of aryl methyl sites for hydroxylation is 1. The van der Waals surface area contributed by atoms with Gasteiger partial charge in [-0.2, -0.15) is 0 Å². The number of rotatable bonds is 2. The van der Waals surface area contributed by atoms with E-state index >= 15 is 0 Å². The molecule has 80 valence electrons. The lowest BCUT2D eigenvalue weighted by Gasteiger charge is -2.13. The van der Waals surface area contributed by atoms with E-state index in [1.165, 1.54) is 0 Å². The van der Waals surface area contributed by atoms with Gasteiger partial charge in [0.1, 0.15) is 0 Å². The largest absolute Gasteiger partial charge is 0.327 e. The molecule has 3 nitrogen and oxygen atoms in total. The quantitative estimate of drug-likeness (QED) is 0.746. The van der Waals surface area contributed by atoms with Crippen molar-refractivity contribution >= 4 is 5.78 Å². The zero-order chi connectivity index (χ0) is 10.8. The van der Waals surface area contributed by atoms with Crippen molar-refractivity contribution in [2.75, 3.05) is 0 Å². The third-order valence-corrected chi connectivity index (χ3v) is 3.07. The van der Waals surface area contributed by atoms with Crippen LogP contribution in [-0.2, 0) is 0 Å². The highest BCUT2D eigenvalue weighted by Gasteiger charge is 2.30. The van der Waals surface area contributed by atoms with Gasteiger partial charge in [-0.1, -0.05) is 6.42 Å². The number of ketones is 1. The first kappa shape index (κ1) is 10.3. The van der Waals surface area contributed by atoms with Crippen LogP contribution < -0.4 is 5.73 Å². The lowest BCUT2D eigenvalue weighted by atomic mass is 9.94. The summed E-state index contributed by atoms with van der Waals surface area (Å²) in [7, 11) is 0. The van der Waals surface area contributed by atoms with Crippen molar-refractivity contribution in [1.82, 2.24) is 4.98 Å². The predicted molar refractivity (Wildman–Crippen MR) is 58.6 cm³/mol. The molecule has 0 spiro atoms. The first-order chi connectivity index (χ1) is 7.18. The molecule has 2 atom stereocenters. The molecule has 2 rings (SSSR count). The number of carbonyl (C=O) groups is 1. The Morgan fingerprint density at radius 1 is 1.47 bits per heavy atom. The Balaban J connectivity index is 2.20. The number of nitrogens with two attached hydrogens (primary N) is 1. The molecule has 1 heterocycles. The maximum atomic E-state index is 12.1. The van der Waals surface area contributed by atoms with Gasteiger partial charge in [0.05, 0.1) is 0 Å². The molecule has 1 aliphatic rings. The van der Waals surface area contributed by atoms with Crippen LogP contribution in [0.25, 0.3) is 0 Å². The third kappa shape index (κ3) is 2.07. The average Bonchev–Trinajstić information content (AvgIpc) is 2.63. The zero-order valence-corrected chi connectivity index (χ0v) is 8.94. The number of nitrogens with zero attached hydrogens (tertiary/aromatic N) is 1. The van der Waals surface area contributed by atoms with E-state index in [9.17, 15) is 4.79 Å².